The van der Waals surface area contributed by atoms with Crippen LogP contribution in [-0.2, 0) is 5.88 Å². The van der Waals surface area contributed by atoms with Crippen LogP contribution in [0.2, 0.25) is 0 Å². The van der Waals surface area contributed by atoms with Crippen LogP contribution in [0.1, 0.15) is 16.8 Å². The van der Waals surface area contributed by atoms with Gasteiger partial charge < -0.3 is 0 Å². The molecule has 0 atom stereocenters. The second-order valence-corrected chi connectivity index (χ2v) is 5.16. The van der Waals surface area contributed by atoms with Crippen molar-refractivity contribution in [1.29, 1.82) is 0 Å². The molecule has 20 heavy (non-hydrogen) atoms. The normalized spacial score (nSPS) is 11.2. The van der Waals surface area contributed by atoms with E-state index in [4.69, 9.17) is 11.6 Å². The number of hydrogen-bond acceptors (Lipinski definition) is 1. The molecule has 0 aliphatic heterocycles. The fourth-order valence-electron chi connectivity index (χ4n) is 2.33. The zero-order chi connectivity index (χ0) is 14.3. The Morgan fingerprint density at radius 3 is 2.70 bits per heavy atom. The van der Waals surface area contributed by atoms with E-state index < -0.39 is 0 Å². The first-order valence-corrected chi connectivity index (χ1v) is 6.94. The fraction of sp³-hybridized carbons (Fsp3) is 0.188. The van der Waals surface area contributed by atoms with Gasteiger partial charge in [0.05, 0.1) is 17.3 Å². The maximum Gasteiger partial charge on any atom is 0.174 e. The van der Waals surface area contributed by atoms with E-state index >= 15 is 0 Å². The van der Waals surface area contributed by atoms with Gasteiger partial charge in [-0.2, -0.15) is 0 Å². The van der Waals surface area contributed by atoms with Gasteiger partial charge in [0, 0.05) is 11.8 Å². The first-order valence-electron chi connectivity index (χ1n) is 6.41. The largest absolute Gasteiger partial charge is 0.300 e. The third kappa shape index (κ3) is 1.98. The Morgan fingerprint density at radius 2 is 2.00 bits per heavy atom. The van der Waals surface area contributed by atoms with Crippen molar-refractivity contribution in [3.63, 3.8) is 0 Å². The van der Waals surface area contributed by atoms with Crippen LogP contribution in [0.4, 0.5) is 4.39 Å². The van der Waals surface area contributed by atoms with E-state index in [0.29, 0.717) is 5.65 Å². The van der Waals surface area contributed by atoms with Gasteiger partial charge in [-0.25, -0.2) is 9.37 Å². The third-order valence-corrected chi connectivity index (χ3v) is 3.86. The molecule has 0 aliphatic rings. The smallest absolute Gasteiger partial charge is 0.174 e. The van der Waals surface area contributed by atoms with Crippen molar-refractivity contribution >= 4 is 17.2 Å². The predicted molar refractivity (Wildman–Crippen MR) is 79.6 cm³/mol. The summed E-state index contributed by atoms with van der Waals surface area (Å²) in [6, 6.07) is 9.17. The molecular formula is C16H14ClFN2. The van der Waals surface area contributed by atoms with Crippen molar-refractivity contribution in [2.45, 2.75) is 19.7 Å². The molecule has 2 heterocycles. The standard InChI is InChI=1S/C16H14ClFN2/c1-10-5-6-12(8-11(10)2)15-14(9-17)20-7-3-4-13(18)16(20)19-15/h3-8H,9H2,1-2H3. The lowest BCUT2D eigenvalue weighted by molar-refractivity contribution is 0.629. The molecule has 3 aromatic rings. The number of hydrogen-bond donors (Lipinski definition) is 0. The van der Waals surface area contributed by atoms with E-state index in [9.17, 15) is 4.39 Å². The molecule has 0 spiro atoms. The van der Waals surface area contributed by atoms with Gasteiger partial charge in [-0.15, -0.1) is 11.6 Å². The van der Waals surface area contributed by atoms with Gasteiger partial charge in [-0.3, -0.25) is 4.40 Å². The van der Waals surface area contributed by atoms with E-state index in [2.05, 4.69) is 24.9 Å². The van der Waals surface area contributed by atoms with Crippen molar-refractivity contribution in [2.75, 3.05) is 0 Å². The lowest BCUT2D eigenvalue weighted by Crippen LogP contribution is -1.92. The summed E-state index contributed by atoms with van der Waals surface area (Å²) in [4.78, 5) is 4.43. The highest BCUT2D eigenvalue weighted by Crippen LogP contribution is 2.28. The number of fused-ring (bicyclic) bond motifs is 1. The first-order chi connectivity index (χ1) is 9.61. The number of alkyl halides is 1. The number of imidazole rings is 1. The zero-order valence-corrected chi connectivity index (χ0v) is 12.1. The van der Waals surface area contributed by atoms with Gasteiger partial charge >= 0.3 is 0 Å². The molecule has 1 aromatic carbocycles. The Hall–Kier alpha value is -1.87. The van der Waals surface area contributed by atoms with Crippen molar-refractivity contribution in [2.24, 2.45) is 0 Å². The highest BCUT2D eigenvalue weighted by atomic mass is 35.5. The summed E-state index contributed by atoms with van der Waals surface area (Å²) in [6.07, 6.45) is 1.79. The van der Waals surface area contributed by atoms with Gasteiger partial charge in [0.15, 0.2) is 11.5 Å². The quantitative estimate of drug-likeness (QED) is 0.635. The highest BCUT2D eigenvalue weighted by molar-refractivity contribution is 6.17. The van der Waals surface area contributed by atoms with Crippen LogP contribution >= 0.6 is 11.6 Å². The Labute approximate surface area is 121 Å². The summed E-state index contributed by atoms with van der Waals surface area (Å²) < 4.78 is 15.6. The minimum Gasteiger partial charge on any atom is -0.300 e. The summed E-state index contributed by atoms with van der Waals surface area (Å²) in [6.45, 7) is 4.11. The molecular weight excluding hydrogens is 275 g/mol. The molecule has 0 amide bonds. The minimum atomic E-state index is -0.339. The molecule has 102 valence electrons. The number of aryl methyl sites for hydroxylation is 2. The van der Waals surface area contributed by atoms with Crippen LogP contribution < -0.4 is 0 Å². The number of rotatable bonds is 2. The van der Waals surface area contributed by atoms with E-state index in [1.54, 1.807) is 16.7 Å². The van der Waals surface area contributed by atoms with Crippen LogP contribution in [0, 0.1) is 19.7 Å². The number of pyridine rings is 1. The van der Waals surface area contributed by atoms with Crippen LogP contribution in [0.25, 0.3) is 16.9 Å². The average molecular weight is 289 g/mol. The number of aromatic nitrogens is 2. The van der Waals surface area contributed by atoms with E-state index in [-0.39, 0.29) is 11.7 Å². The lowest BCUT2D eigenvalue weighted by atomic mass is 10.0. The van der Waals surface area contributed by atoms with Crippen molar-refractivity contribution in [3.8, 4) is 11.3 Å². The molecule has 0 aliphatic carbocycles. The van der Waals surface area contributed by atoms with Crippen molar-refractivity contribution < 1.29 is 4.39 Å². The number of benzene rings is 1. The molecule has 0 radical (unpaired) electrons. The molecule has 0 unspecified atom stereocenters. The fourth-order valence-corrected chi connectivity index (χ4v) is 2.59. The van der Waals surface area contributed by atoms with Gasteiger partial charge in [-0.05, 0) is 43.2 Å². The van der Waals surface area contributed by atoms with Gasteiger partial charge in [0.2, 0.25) is 0 Å². The van der Waals surface area contributed by atoms with E-state index in [0.717, 1.165) is 17.0 Å². The van der Waals surface area contributed by atoms with Crippen LogP contribution in [-0.4, -0.2) is 9.38 Å². The Balaban J connectivity index is 2.30. The van der Waals surface area contributed by atoms with E-state index in [1.807, 2.05) is 12.1 Å². The monoisotopic (exact) mass is 288 g/mol. The maximum atomic E-state index is 13.8. The Kier molecular flexibility index (Phi) is 3.22. The minimum absolute atomic E-state index is 0.285. The van der Waals surface area contributed by atoms with Crippen LogP contribution in [0.3, 0.4) is 0 Å². The molecule has 3 rings (SSSR count). The van der Waals surface area contributed by atoms with Gasteiger partial charge in [0.1, 0.15) is 0 Å². The van der Waals surface area contributed by atoms with Crippen LogP contribution in [0.15, 0.2) is 36.5 Å². The predicted octanol–water partition coefficient (Wildman–Crippen LogP) is 4.50. The molecule has 0 bridgehead atoms. The summed E-state index contributed by atoms with van der Waals surface area (Å²) in [7, 11) is 0. The molecule has 0 saturated carbocycles. The van der Waals surface area contributed by atoms with Gasteiger partial charge in [-0.1, -0.05) is 12.1 Å². The second kappa shape index (κ2) is 4.91. The average Bonchev–Trinajstić information content (AvgIpc) is 2.82. The first kappa shape index (κ1) is 13.1. The lowest BCUT2D eigenvalue weighted by Gasteiger charge is -2.05. The Morgan fingerprint density at radius 1 is 1.20 bits per heavy atom. The summed E-state index contributed by atoms with van der Waals surface area (Å²) in [5.41, 5.74) is 5.23. The molecule has 0 N–H and O–H groups in total. The molecule has 2 nitrogen and oxygen atoms in total. The molecule has 0 fully saturated rings. The molecule has 4 heteroatoms. The van der Waals surface area contributed by atoms with Crippen molar-refractivity contribution in [1.82, 2.24) is 9.38 Å². The molecule has 0 saturated heterocycles. The summed E-state index contributed by atoms with van der Waals surface area (Å²) in [5.74, 6) is -0.0543. The SMILES string of the molecule is Cc1ccc(-c2nc3c(F)cccn3c2CCl)cc1C. The maximum absolute atomic E-state index is 13.8. The van der Waals surface area contributed by atoms with Crippen LogP contribution in [0.5, 0.6) is 0 Å². The second-order valence-electron chi connectivity index (χ2n) is 4.89. The highest BCUT2D eigenvalue weighted by Gasteiger charge is 2.15. The zero-order valence-electron chi connectivity index (χ0n) is 11.3. The van der Waals surface area contributed by atoms with Crippen molar-refractivity contribution in [3.05, 3.63) is 59.2 Å². The number of halogens is 2. The third-order valence-electron chi connectivity index (χ3n) is 3.61. The number of nitrogens with zero attached hydrogens (tertiary/aromatic N) is 2. The molecule has 2 aromatic heterocycles. The summed E-state index contributed by atoms with van der Waals surface area (Å²) in [5, 5.41) is 0. The topological polar surface area (TPSA) is 17.3 Å². The van der Waals surface area contributed by atoms with E-state index in [1.165, 1.54) is 17.2 Å². The van der Waals surface area contributed by atoms with Gasteiger partial charge in [0.25, 0.3) is 0 Å². The summed E-state index contributed by atoms with van der Waals surface area (Å²) >= 11 is 6.04. The Bertz CT molecular complexity index is 793.